The molecule has 3 aromatic carbocycles. The van der Waals surface area contributed by atoms with Crippen LogP contribution in [0.25, 0.3) is 0 Å². The smallest absolute Gasteiger partial charge is 0.329 e. The number of para-hydroxylation sites is 1. The van der Waals surface area contributed by atoms with E-state index in [1.807, 2.05) is 0 Å². The molecule has 0 bridgehead atoms. The minimum absolute atomic E-state index is 0.160. The van der Waals surface area contributed by atoms with E-state index >= 15 is 0 Å². The summed E-state index contributed by atoms with van der Waals surface area (Å²) in [6.07, 6.45) is 2.95. The molecule has 35 heavy (non-hydrogen) atoms. The maximum atomic E-state index is 13.1. The number of ether oxygens (including phenoxy) is 3. The Balaban J connectivity index is 1.60. The van der Waals surface area contributed by atoms with Gasteiger partial charge < -0.3 is 19.5 Å². The molecule has 0 atom stereocenters. The highest BCUT2D eigenvalue weighted by Gasteiger charge is 2.14. The predicted molar refractivity (Wildman–Crippen MR) is 130 cm³/mol. The number of hydrazone groups is 1. The molecule has 3 aromatic rings. The molecule has 0 spiro atoms. The number of anilines is 1. The topological polar surface area (TPSA) is 98.2 Å². The number of amides is 2. The van der Waals surface area contributed by atoms with Crippen LogP contribution in [0, 0.1) is 5.82 Å². The van der Waals surface area contributed by atoms with Gasteiger partial charge in [-0.25, -0.2) is 9.82 Å². The van der Waals surface area contributed by atoms with Crippen molar-refractivity contribution < 1.29 is 28.2 Å². The van der Waals surface area contributed by atoms with Gasteiger partial charge in [-0.3, -0.25) is 9.59 Å². The van der Waals surface area contributed by atoms with Gasteiger partial charge in [-0.1, -0.05) is 30.9 Å². The lowest BCUT2D eigenvalue weighted by atomic mass is 10.2. The molecular weight excluding hydrogens is 453 g/mol. The first kappa shape index (κ1) is 25.0. The molecule has 3 rings (SSSR count). The fourth-order valence-electron chi connectivity index (χ4n) is 2.87. The van der Waals surface area contributed by atoms with Gasteiger partial charge in [0, 0.05) is 11.3 Å². The van der Waals surface area contributed by atoms with Gasteiger partial charge in [-0.05, 0) is 54.1 Å². The number of hydrogen-bond donors (Lipinski definition) is 2. The van der Waals surface area contributed by atoms with Crippen LogP contribution >= 0.6 is 0 Å². The minimum atomic E-state index is -0.954. The van der Waals surface area contributed by atoms with Crippen molar-refractivity contribution in [3.63, 3.8) is 0 Å². The average molecular weight is 477 g/mol. The summed E-state index contributed by atoms with van der Waals surface area (Å²) in [6, 6.07) is 17.6. The molecule has 180 valence electrons. The third kappa shape index (κ3) is 7.43. The Hall–Kier alpha value is -4.66. The van der Waals surface area contributed by atoms with Gasteiger partial charge in [0.15, 0.2) is 11.5 Å². The maximum Gasteiger partial charge on any atom is 0.329 e. The molecule has 0 saturated heterocycles. The molecule has 0 saturated carbocycles. The Morgan fingerprint density at radius 3 is 2.43 bits per heavy atom. The largest absolute Gasteiger partial charge is 0.493 e. The van der Waals surface area contributed by atoms with Crippen LogP contribution in [-0.4, -0.2) is 31.7 Å². The Morgan fingerprint density at radius 2 is 1.74 bits per heavy atom. The van der Waals surface area contributed by atoms with E-state index in [-0.39, 0.29) is 12.4 Å². The fraction of sp³-hybridized carbons (Fsp3) is 0.115. The summed E-state index contributed by atoms with van der Waals surface area (Å²) in [6.45, 7) is 4.09. The van der Waals surface area contributed by atoms with Gasteiger partial charge in [0.2, 0.25) is 0 Å². The first-order valence-electron chi connectivity index (χ1n) is 10.5. The van der Waals surface area contributed by atoms with E-state index in [0.717, 1.165) is 5.56 Å². The lowest BCUT2D eigenvalue weighted by Crippen LogP contribution is -2.32. The highest BCUT2D eigenvalue weighted by Crippen LogP contribution is 2.30. The number of rotatable bonds is 10. The van der Waals surface area contributed by atoms with E-state index in [2.05, 4.69) is 22.4 Å². The van der Waals surface area contributed by atoms with Crippen molar-refractivity contribution in [3.05, 3.63) is 96.3 Å². The molecule has 2 amide bonds. The third-order valence-corrected chi connectivity index (χ3v) is 4.58. The summed E-state index contributed by atoms with van der Waals surface area (Å²) in [4.78, 5) is 24.3. The Kier molecular flexibility index (Phi) is 8.95. The molecule has 0 aliphatic heterocycles. The van der Waals surface area contributed by atoms with Crippen LogP contribution in [0.5, 0.6) is 17.2 Å². The molecular formula is C26H24FN3O5. The predicted octanol–water partition coefficient (Wildman–Crippen LogP) is 4.07. The van der Waals surface area contributed by atoms with Crippen molar-refractivity contribution in [2.24, 2.45) is 5.10 Å². The second-order valence-electron chi connectivity index (χ2n) is 7.07. The number of hydrogen-bond acceptors (Lipinski definition) is 6. The molecule has 8 nitrogen and oxygen atoms in total. The molecule has 2 N–H and O–H groups in total. The SMILES string of the molecule is C=CCOc1ccc(NC(=O)C(=O)N/N=C\c2cccc(OC)c2OCc2ccc(F)cc2)cc1. The zero-order valence-electron chi connectivity index (χ0n) is 19.0. The van der Waals surface area contributed by atoms with Crippen molar-refractivity contribution in [1.82, 2.24) is 5.43 Å². The number of carbonyl (C=O) groups excluding carboxylic acids is 2. The van der Waals surface area contributed by atoms with Crippen molar-refractivity contribution >= 4 is 23.7 Å². The number of carbonyl (C=O) groups is 2. The number of nitrogens with one attached hydrogen (secondary N) is 2. The number of benzene rings is 3. The molecule has 0 heterocycles. The number of methoxy groups -OCH3 is 1. The first-order valence-corrected chi connectivity index (χ1v) is 10.5. The standard InChI is InChI=1S/C26H24FN3O5/c1-3-15-34-22-13-11-21(12-14-22)29-25(31)26(32)30-28-16-19-5-4-6-23(33-2)24(19)35-17-18-7-9-20(27)10-8-18/h3-14,16H,1,15,17H2,2H3,(H,29,31)(H,30,32)/b28-16-. The van der Waals surface area contributed by atoms with Crippen LogP contribution in [-0.2, 0) is 16.2 Å². The zero-order valence-corrected chi connectivity index (χ0v) is 19.0. The van der Waals surface area contributed by atoms with E-state index in [4.69, 9.17) is 14.2 Å². The Morgan fingerprint density at radius 1 is 1.00 bits per heavy atom. The van der Waals surface area contributed by atoms with Crippen molar-refractivity contribution in [2.75, 3.05) is 19.0 Å². The quantitative estimate of drug-likeness (QED) is 0.199. The summed E-state index contributed by atoms with van der Waals surface area (Å²) in [7, 11) is 1.49. The van der Waals surface area contributed by atoms with E-state index in [0.29, 0.717) is 35.1 Å². The maximum absolute atomic E-state index is 13.1. The Labute approximate surface area is 202 Å². The summed E-state index contributed by atoms with van der Waals surface area (Å²) < 4.78 is 29.7. The summed E-state index contributed by atoms with van der Waals surface area (Å²) in [5, 5.41) is 6.33. The van der Waals surface area contributed by atoms with Crippen molar-refractivity contribution in [1.29, 1.82) is 0 Å². The van der Waals surface area contributed by atoms with Crippen LogP contribution in [0.15, 0.2) is 84.5 Å². The van der Waals surface area contributed by atoms with Crippen LogP contribution in [0.3, 0.4) is 0 Å². The summed E-state index contributed by atoms with van der Waals surface area (Å²) in [5.41, 5.74) is 3.86. The van der Waals surface area contributed by atoms with Crippen LogP contribution in [0.1, 0.15) is 11.1 Å². The Bertz CT molecular complexity index is 1190. The monoisotopic (exact) mass is 477 g/mol. The molecule has 0 aromatic heterocycles. The summed E-state index contributed by atoms with van der Waals surface area (Å²) in [5.74, 6) is -0.757. The van der Waals surface area contributed by atoms with Gasteiger partial charge in [-0.2, -0.15) is 5.10 Å². The zero-order chi connectivity index (χ0) is 25.0. The molecule has 0 aliphatic carbocycles. The van der Waals surface area contributed by atoms with Crippen molar-refractivity contribution in [3.8, 4) is 17.2 Å². The van der Waals surface area contributed by atoms with Gasteiger partial charge in [0.1, 0.15) is 24.8 Å². The van der Waals surface area contributed by atoms with Gasteiger partial charge >= 0.3 is 11.8 Å². The van der Waals surface area contributed by atoms with E-state index in [1.54, 1.807) is 60.7 Å². The molecule has 0 unspecified atom stereocenters. The molecule has 0 radical (unpaired) electrons. The number of halogens is 1. The van der Waals surface area contributed by atoms with E-state index in [1.165, 1.54) is 25.5 Å². The highest BCUT2D eigenvalue weighted by atomic mass is 19.1. The van der Waals surface area contributed by atoms with Crippen LogP contribution in [0.4, 0.5) is 10.1 Å². The van der Waals surface area contributed by atoms with Gasteiger partial charge in [0.05, 0.1) is 13.3 Å². The molecule has 0 fully saturated rings. The van der Waals surface area contributed by atoms with Crippen LogP contribution in [0.2, 0.25) is 0 Å². The number of nitrogens with zero attached hydrogens (tertiary/aromatic N) is 1. The second kappa shape index (κ2) is 12.5. The second-order valence-corrected chi connectivity index (χ2v) is 7.07. The average Bonchev–Trinajstić information content (AvgIpc) is 2.88. The normalized spacial score (nSPS) is 10.5. The third-order valence-electron chi connectivity index (χ3n) is 4.58. The fourth-order valence-corrected chi connectivity index (χ4v) is 2.87. The van der Waals surface area contributed by atoms with Crippen LogP contribution < -0.4 is 25.0 Å². The first-order chi connectivity index (χ1) is 17.0. The minimum Gasteiger partial charge on any atom is -0.493 e. The highest BCUT2D eigenvalue weighted by molar-refractivity contribution is 6.39. The van der Waals surface area contributed by atoms with E-state index < -0.39 is 11.8 Å². The van der Waals surface area contributed by atoms with Gasteiger partial charge in [-0.15, -0.1) is 0 Å². The lowest BCUT2D eigenvalue weighted by molar-refractivity contribution is -0.136. The summed E-state index contributed by atoms with van der Waals surface area (Å²) >= 11 is 0. The van der Waals surface area contributed by atoms with Crippen molar-refractivity contribution in [2.45, 2.75) is 6.61 Å². The van der Waals surface area contributed by atoms with E-state index in [9.17, 15) is 14.0 Å². The lowest BCUT2D eigenvalue weighted by Gasteiger charge is -2.13. The molecule has 9 heteroatoms. The molecule has 0 aliphatic rings. The van der Waals surface area contributed by atoms with Gasteiger partial charge in [0.25, 0.3) is 0 Å².